The first kappa shape index (κ1) is 13.4. The molecule has 1 aliphatic rings. The highest BCUT2D eigenvalue weighted by atomic mass is 19.2. The lowest BCUT2D eigenvalue weighted by molar-refractivity contribution is -0.0150. The van der Waals surface area contributed by atoms with Crippen molar-refractivity contribution in [3.8, 4) is 0 Å². The predicted molar refractivity (Wildman–Crippen MR) is 61.7 cm³/mol. The number of aliphatic hydroxyl groups excluding tert-OH is 1. The van der Waals surface area contributed by atoms with Crippen LogP contribution < -0.4 is 5.32 Å². The summed E-state index contributed by atoms with van der Waals surface area (Å²) < 4.78 is 26.1. The van der Waals surface area contributed by atoms with E-state index in [9.17, 15) is 23.8 Å². The van der Waals surface area contributed by atoms with Gasteiger partial charge in [-0.25, -0.2) is 13.6 Å². The molecule has 1 unspecified atom stereocenters. The van der Waals surface area contributed by atoms with Crippen LogP contribution >= 0.6 is 0 Å². The van der Waals surface area contributed by atoms with E-state index in [-0.39, 0.29) is 11.1 Å². The van der Waals surface area contributed by atoms with Gasteiger partial charge in [-0.1, -0.05) is 6.07 Å². The maximum Gasteiger partial charge on any atom is 0.321 e. The number of benzene rings is 1. The van der Waals surface area contributed by atoms with Crippen molar-refractivity contribution in [2.75, 3.05) is 7.05 Å². The fourth-order valence-electron chi connectivity index (χ4n) is 1.85. The number of nitrogens with zero attached hydrogens (tertiary/aromatic N) is 1. The number of nitrogens with one attached hydrogen (secondary N) is 1. The van der Waals surface area contributed by atoms with Crippen LogP contribution in [0.3, 0.4) is 0 Å². The van der Waals surface area contributed by atoms with E-state index in [2.05, 4.69) is 5.32 Å². The minimum atomic E-state index is -1.82. The molecule has 2 rings (SSSR count). The van der Waals surface area contributed by atoms with E-state index in [0.717, 1.165) is 17.0 Å². The van der Waals surface area contributed by atoms with Gasteiger partial charge in [0.05, 0.1) is 6.04 Å². The Morgan fingerprint density at radius 3 is 2.58 bits per heavy atom. The molecule has 0 saturated heterocycles. The van der Waals surface area contributed by atoms with Crippen LogP contribution in [0.4, 0.5) is 13.6 Å². The van der Waals surface area contributed by atoms with Crippen molar-refractivity contribution in [2.45, 2.75) is 12.3 Å². The minimum absolute atomic E-state index is 0.0631. The van der Waals surface area contributed by atoms with Crippen molar-refractivity contribution in [1.82, 2.24) is 10.2 Å². The summed E-state index contributed by atoms with van der Waals surface area (Å²) in [7, 11) is 1.43. The normalized spacial score (nSPS) is 19.5. The fraction of sp³-hybridized carbons (Fsp3) is 0.250. The first-order valence-corrected chi connectivity index (χ1v) is 5.46. The fourth-order valence-corrected chi connectivity index (χ4v) is 1.85. The van der Waals surface area contributed by atoms with Gasteiger partial charge < -0.3 is 20.4 Å². The summed E-state index contributed by atoms with van der Waals surface area (Å²) in [5.41, 5.74) is 0.285. The summed E-state index contributed by atoms with van der Waals surface area (Å²) in [4.78, 5) is 12.7. The van der Waals surface area contributed by atoms with Crippen LogP contribution in [0.15, 0.2) is 30.0 Å². The third-order valence-electron chi connectivity index (χ3n) is 2.84. The van der Waals surface area contributed by atoms with Crippen molar-refractivity contribution in [2.24, 2.45) is 0 Å². The first-order chi connectivity index (χ1) is 8.90. The molecule has 0 fully saturated rings. The van der Waals surface area contributed by atoms with E-state index in [1.165, 1.54) is 19.3 Å². The Hall–Kier alpha value is -1.99. The summed E-state index contributed by atoms with van der Waals surface area (Å²) >= 11 is 0. The Morgan fingerprint density at radius 1 is 1.32 bits per heavy atom. The van der Waals surface area contributed by atoms with Gasteiger partial charge in [-0.2, -0.15) is 0 Å². The highest BCUT2D eigenvalue weighted by Crippen LogP contribution is 2.28. The molecule has 1 atom stereocenters. The standard InChI is InChI=1S/C12H12F2N2O3/c1-16-5-7(11(17)18)10(15-12(16)19)6-2-3-8(13)9(14)4-6/h2-5,10-11,17-18H,1H3,(H,15,19). The molecular weight excluding hydrogens is 258 g/mol. The van der Waals surface area contributed by atoms with Crippen LogP contribution in [0, 0.1) is 11.6 Å². The monoisotopic (exact) mass is 270 g/mol. The van der Waals surface area contributed by atoms with Gasteiger partial charge in [-0.15, -0.1) is 0 Å². The number of urea groups is 1. The molecule has 0 aromatic heterocycles. The van der Waals surface area contributed by atoms with Gasteiger partial charge in [-0.05, 0) is 17.7 Å². The van der Waals surface area contributed by atoms with Gasteiger partial charge >= 0.3 is 6.03 Å². The Morgan fingerprint density at radius 2 is 2.00 bits per heavy atom. The molecule has 0 radical (unpaired) electrons. The maximum atomic E-state index is 13.2. The maximum absolute atomic E-state index is 13.2. The quantitative estimate of drug-likeness (QED) is 0.698. The van der Waals surface area contributed by atoms with E-state index >= 15 is 0 Å². The van der Waals surface area contributed by atoms with E-state index in [1.54, 1.807) is 0 Å². The summed E-state index contributed by atoms with van der Waals surface area (Å²) in [5, 5.41) is 21.0. The molecule has 0 aliphatic carbocycles. The lowest BCUT2D eigenvalue weighted by atomic mass is 9.97. The van der Waals surface area contributed by atoms with Gasteiger partial charge in [0.25, 0.3) is 0 Å². The van der Waals surface area contributed by atoms with Gasteiger partial charge in [0.15, 0.2) is 17.9 Å². The molecule has 7 heteroatoms. The molecule has 19 heavy (non-hydrogen) atoms. The third-order valence-corrected chi connectivity index (χ3v) is 2.84. The molecule has 0 spiro atoms. The summed E-state index contributed by atoms with van der Waals surface area (Å²) in [6, 6.07) is 1.68. The summed E-state index contributed by atoms with van der Waals surface area (Å²) in [6.45, 7) is 0. The van der Waals surface area contributed by atoms with Crippen LogP contribution in [-0.2, 0) is 0 Å². The van der Waals surface area contributed by atoms with Crippen LogP contribution in [0.5, 0.6) is 0 Å². The third kappa shape index (κ3) is 2.56. The molecule has 2 amide bonds. The highest BCUT2D eigenvalue weighted by Gasteiger charge is 2.30. The first-order valence-electron chi connectivity index (χ1n) is 5.46. The van der Waals surface area contributed by atoms with Gasteiger partial charge in [0, 0.05) is 18.8 Å². The van der Waals surface area contributed by atoms with Crippen molar-refractivity contribution in [3.63, 3.8) is 0 Å². The molecule has 1 aliphatic heterocycles. The van der Waals surface area contributed by atoms with Crippen molar-refractivity contribution < 1.29 is 23.8 Å². The number of carbonyl (C=O) groups is 1. The molecule has 5 nitrogen and oxygen atoms in total. The average molecular weight is 270 g/mol. The highest BCUT2D eigenvalue weighted by molar-refractivity contribution is 5.77. The lowest BCUT2D eigenvalue weighted by Gasteiger charge is -2.31. The summed E-state index contributed by atoms with van der Waals surface area (Å²) in [6.07, 6.45) is -0.573. The van der Waals surface area contributed by atoms with E-state index in [0.29, 0.717) is 0 Å². The van der Waals surface area contributed by atoms with Crippen LogP contribution in [0.2, 0.25) is 0 Å². The number of carbonyl (C=O) groups excluding carboxylic acids is 1. The molecule has 1 aromatic rings. The zero-order valence-electron chi connectivity index (χ0n) is 9.97. The number of hydrogen-bond acceptors (Lipinski definition) is 3. The zero-order valence-corrected chi connectivity index (χ0v) is 9.97. The average Bonchev–Trinajstić information content (AvgIpc) is 2.35. The minimum Gasteiger partial charge on any atom is -0.364 e. The van der Waals surface area contributed by atoms with Crippen molar-refractivity contribution in [3.05, 3.63) is 47.2 Å². The number of halogens is 2. The topological polar surface area (TPSA) is 72.8 Å². The Bertz CT molecular complexity index is 546. The second kappa shape index (κ2) is 4.94. The lowest BCUT2D eigenvalue weighted by Crippen LogP contribution is -2.44. The van der Waals surface area contributed by atoms with Gasteiger partial charge in [0.1, 0.15) is 0 Å². The second-order valence-corrected chi connectivity index (χ2v) is 4.17. The molecule has 1 aromatic carbocycles. The Balaban J connectivity index is 2.43. The van der Waals surface area contributed by atoms with Gasteiger partial charge in [-0.3, -0.25) is 0 Å². The molecule has 102 valence electrons. The van der Waals surface area contributed by atoms with E-state index in [1.807, 2.05) is 0 Å². The molecular formula is C12H12F2N2O3. The molecule has 0 bridgehead atoms. The predicted octanol–water partition coefficient (Wildman–Crippen LogP) is 0.856. The number of aliphatic hydroxyl groups is 2. The SMILES string of the molecule is CN1C=C(C(O)O)C(c2ccc(F)c(F)c2)NC1=O. The Labute approximate surface area is 107 Å². The second-order valence-electron chi connectivity index (χ2n) is 4.17. The number of amides is 2. The van der Waals surface area contributed by atoms with E-state index in [4.69, 9.17) is 0 Å². The number of hydrogen-bond donors (Lipinski definition) is 3. The van der Waals surface area contributed by atoms with Crippen LogP contribution in [-0.4, -0.2) is 34.5 Å². The molecule has 1 heterocycles. The van der Waals surface area contributed by atoms with E-state index < -0.39 is 30.0 Å². The molecule has 3 N–H and O–H groups in total. The molecule has 0 saturated carbocycles. The van der Waals surface area contributed by atoms with Crippen molar-refractivity contribution >= 4 is 6.03 Å². The number of rotatable bonds is 2. The largest absolute Gasteiger partial charge is 0.364 e. The van der Waals surface area contributed by atoms with Crippen LogP contribution in [0.25, 0.3) is 0 Å². The Kier molecular flexibility index (Phi) is 3.50. The summed E-state index contributed by atoms with van der Waals surface area (Å²) in [5.74, 6) is -2.09. The van der Waals surface area contributed by atoms with Crippen LogP contribution in [0.1, 0.15) is 11.6 Å². The smallest absolute Gasteiger partial charge is 0.321 e. The zero-order chi connectivity index (χ0) is 14.2. The van der Waals surface area contributed by atoms with Crippen molar-refractivity contribution in [1.29, 1.82) is 0 Å². The van der Waals surface area contributed by atoms with Gasteiger partial charge in [0.2, 0.25) is 0 Å².